The summed E-state index contributed by atoms with van der Waals surface area (Å²) in [6.45, 7) is 0.339. The number of para-hydroxylation sites is 1. The minimum atomic E-state index is -0.970. The molecule has 3 aromatic rings. The van der Waals surface area contributed by atoms with Gasteiger partial charge in [0.2, 0.25) is 0 Å². The predicted molar refractivity (Wildman–Crippen MR) is 97.1 cm³/mol. The zero-order chi connectivity index (χ0) is 20.4. The highest BCUT2D eigenvalue weighted by molar-refractivity contribution is 5.84. The summed E-state index contributed by atoms with van der Waals surface area (Å²) in [4.78, 5) is 36.4. The van der Waals surface area contributed by atoms with Crippen LogP contribution in [0.3, 0.4) is 0 Å². The van der Waals surface area contributed by atoms with E-state index >= 15 is 0 Å². The molecule has 0 amide bonds. The summed E-state index contributed by atoms with van der Waals surface area (Å²) in [6, 6.07) is 8.18. The monoisotopic (exact) mass is 387 g/mol. The Balaban J connectivity index is 2.22. The molecule has 144 valence electrons. The number of nitro groups is 3. The van der Waals surface area contributed by atoms with Crippen LogP contribution in [0.15, 0.2) is 42.6 Å². The third kappa shape index (κ3) is 3.31. The number of non-ortho nitro benzene ring substituents is 1. The van der Waals surface area contributed by atoms with Crippen molar-refractivity contribution in [2.24, 2.45) is 5.73 Å². The van der Waals surface area contributed by atoms with Gasteiger partial charge in [0.05, 0.1) is 32.4 Å². The number of hydrogen-bond donors (Lipinski definition) is 1. The van der Waals surface area contributed by atoms with Gasteiger partial charge in [-0.2, -0.15) is 4.73 Å². The summed E-state index contributed by atoms with van der Waals surface area (Å²) in [6.07, 6.45) is 2.01. The molecule has 3 rings (SSSR count). The zero-order valence-electron chi connectivity index (χ0n) is 14.2. The van der Waals surface area contributed by atoms with Crippen LogP contribution in [0.2, 0.25) is 0 Å². The van der Waals surface area contributed by atoms with Gasteiger partial charge in [0.25, 0.3) is 5.69 Å². The van der Waals surface area contributed by atoms with Crippen LogP contribution in [0.1, 0.15) is 5.56 Å². The van der Waals surface area contributed by atoms with E-state index in [0.29, 0.717) is 30.6 Å². The molecule has 28 heavy (non-hydrogen) atoms. The summed E-state index contributed by atoms with van der Waals surface area (Å²) in [7, 11) is 0. The quantitative estimate of drug-likeness (QED) is 0.476. The van der Waals surface area contributed by atoms with Crippen molar-refractivity contribution in [3.8, 4) is 5.75 Å². The summed E-state index contributed by atoms with van der Waals surface area (Å²) in [5, 5.41) is 34.5. The predicted octanol–water partition coefficient (Wildman–Crippen LogP) is 2.71. The van der Waals surface area contributed by atoms with Crippen LogP contribution in [-0.2, 0) is 6.42 Å². The molecule has 0 atom stereocenters. The number of nitrogens with two attached hydrogens (primary N) is 1. The summed E-state index contributed by atoms with van der Waals surface area (Å²) >= 11 is 0. The van der Waals surface area contributed by atoms with Gasteiger partial charge >= 0.3 is 17.1 Å². The van der Waals surface area contributed by atoms with Crippen LogP contribution in [0.4, 0.5) is 17.1 Å². The summed E-state index contributed by atoms with van der Waals surface area (Å²) in [5.74, 6) is -0.708. The van der Waals surface area contributed by atoms with E-state index in [9.17, 15) is 30.3 Å². The molecule has 2 N–H and O–H groups in total. The highest BCUT2D eigenvalue weighted by atomic mass is 16.7. The fourth-order valence-electron chi connectivity index (χ4n) is 2.80. The maximum absolute atomic E-state index is 11.4. The molecule has 12 nitrogen and oxygen atoms in total. The van der Waals surface area contributed by atoms with E-state index in [-0.39, 0.29) is 0 Å². The number of rotatable bonds is 7. The highest BCUT2D eigenvalue weighted by Crippen LogP contribution is 2.41. The van der Waals surface area contributed by atoms with Crippen molar-refractivity contribution in [3.63, 3.8) is 0 Å². The first-order valence-electron chi connectivity index (χ1n) is 7.92. The number of nitro benzene ring substituents is 3. The molecule has 1 heterocycles. The van der Waals surface area contributed by atoms with E-state index in [0.717, 1.165) is 15.7 Å². The van der Waals surface area contributed by atoms with E-state index in [1.165, 1.54) is 6.20 Å². The first kappa shape index (κ1) is 18.7. The minimum absolute atomic E-state index is 0.339. The molecule has 1 aromatic heterocycles. The Hall–Kier alpha value is -4.06. The lowest BCUT2D eigenvalue weighted by Gasteiger charge is -2.08. The number of hydrogen-bond acceptors (Lipinski definition) is 8. The van der Waals surface area contributed by atoms with Crippen molar-refractivity contribution in [3.05, 3.63) is 78.5 Å². The molecule has 0 spiro atoms. The van der Waals surface area contributed by atoms with Crippen molar-refractivity contribution in [1.82, 2.24) is 4.73 Å². The number of nitrogens with zero attached hydrogens (tertiary/aromatic N) is 4. The van der Waals surface area contributed by atoms with Crippen LogP contribution >= 0.6 is 0 Å². The lowest BCUT2D eigenvalue weighted by atomic mass is 10.1. The molecule has 0 aliphatic heterocycles. The Morgan fingerprint density at radius 2 is 1.57 bits per heavy atom. The zero-order valence-corrected chi connectivity index (χ0v) is 14.2. The van der Waals surface area contributed by atoms with Gasteiger partial charge in [0.15, 0.2) is 0 Å². The fraction of sp³-hybridized carbons (Fsp3) is 0.125. The van der Waals surface area contributed by atoms with Gasteiger partial charge in [0.1, 0.15) is 0 Å². The second-order valence-electron chi connectivity index (χ2n) is 5.71. The van der Waals surface area contributed by atoms with Crippen LogP contribution in [0, 0.1) is 30.3 Å². The van der Waals surface area contributed by atoms with Gasteiger partial charge in [-0.1, -0.05) is 18.2 Å². The second-order valence-corrected chi connectivity index (χ2v) is 5.71. The maximum Gasteiger partial charge on any atom is 0.328 e. The van der Waals surface area contributed by atoms with Crippen LogP contribution < -0.4 is 10.6 Å². The van der Waals surface area contributed by atoms with Crippen molar-refractivity contribution in [1.29, 1.82) is 0 Å². The number of aromatic nitrogens is 1. The highest BCUT2D eigenvalue weighted by Gasteiger charge is 2.33. The summed E-state index contributed by atoms with van der Waals surface area (Å²) < 4.78 is 1.15. The molecule has 0 radical (unpaired) electrons. The van der Waals surface area contributed by atoms with Gasteiger partial charge in [-0.15, -0.1) is 0 Å². The minimum Gasteiger partial charge on any atom is -0.360 e. The van der Waals surface area contributed by atoms with Gasteiger partial charge in [-0.25, -0.2) is 0 Å². The van der Waals surface area contributed by atoms with Crippen LogP contribution in [-0.4, -0.2) is 26.0 Å². The topological polar surface area (TPSA) is 170 Å². The Morgan fingerprint density at radius 1 is 0.964 bits per heavy atom. The second kappa shape index (κ2) is 7.28. The van der Waals surface area contributed by atoms with E-state index in [2.05, 4.69) is 0 Å². The average Bonchev–Trinajstić information content (AvgIpc) is 2.99. The molecule has 0 aliphatic carbocycles. The Labute approximate surface area is 156 Å². The molecule has 0 saturated heterocycles. The van der Waals surface area contributed by atoms with E-state index in [4.69, 9.17) is 10.6 Å². The molecule has 0 saturated carbocycles. The van der Waals surface area contributed by atoms with Crippen molar-refractivity contribution in [2.45, 2.75) is 6.42 Å². The lowest BCUT2D eigenvalue weighted by molar-refractivity contribution is -0.404. The van der Waals surface area contributed by atoms with Gasteiger partial charge in [-0.3, -0.25) is 30.3 Å². The molecule has 0 bridgehead atoms. The first-order valence-corrected chi connectivity index (χ1v) is 7.92. The van der Waals surface area contributed by atoms with E-state index in [1.807, 2.05) is 0 Å². The molecule has 2 aromatic carbocycles. The Morgan fingerprint density at radius 3 is 2.11 bits per heavy atom. The molecule has 0 aliphatic rings. The van der Waals surface area contributed by atoms with Gasteiger partial charge in [0, 0.05) is 11.6 Å². The van der Waals surface area contributed by atoms with Gasteiger partial charge in [-0.05, 0) is 24.6 Å². The first-order chi connectivity index (χ1) is 13.3. The maximum atomic E-state index is 11.4. The normalized spacial score (nSPS) is 10.8. The van der Waals surface area contributed by atoms with Crippen molar-refractivity contribution >= 4 is 28.0 Å². The molecule has 12 heteroatoms. The smallest absolute Gasteiger partial charge is 0.328 e. The largest absolute Gasteiger partial charge is 0.360 e. The third-order valence-corrected chi connectivity index (χ3v) is 4.00. The molecule has 0 fully saturated rings. The van der Waals surface area contributed by atoms with Crippen molar-refractivity contribution < 1.29 is 19.6 Å². The standard InChI is InChI=1S/C16H13N5O7/c17-6-5-10-9-18(13-4-2-1-3-12(10)13)28-16-14(20(24)25)7-11(19(22)23)8-15(16)21(26)27/h1-4,7-9H,5-6,17H2. The number of fused-ring (bicyclic) bond motifs is 1. The number of benzene rings is 2. The molecular formula is C16H13N5O7. The van der Waals surface area contributed by atoms with Crippen molar-refractivity contribution in [2.75, 3.05) is 6.54 Å². The SMILES string of the molecule is NCCc1cn(Oc2c([N+](=O)[O-])cc([N+](=O)[O-])cc2[N+](=O)[O-])c2ccccc12. The Bertz CT molecular complexity index is 1070. The lowest BCUT2D eigenvalue weighted by Crippen LogP contribution is -2.08. The third-order valence-electron chi connectivity index (χ3n) is 4.00. The van der Waals surface area contributed by atoms with Crippen LogP contribution in [0.25, 0.3) is 10.9 Å². The van der Waals surface area contributed by atoms with E-state index < -0.39 is 37.6 Å². The van der Waals surface area contributed by atoms with E-state index in [1.54, 1.807) is 24.3 Å². The fourth-order valence-corrected chi connectivity index (χ4v) is 2.80. The van der Waals surface area contributed by atoms with Gasteiger partial charge < -0.3 is 10.6 Å². The average molecular weight is 387 g/mol. The molecule has 0 unspecified atom stereocenters. The Kier molecular flexibility index (Phi) is 4.87. The van der Waals surface area contributed by atoms with Crippen LogP contribution in [0.5, 0.6) is 5.75 Å². The molecular weight excluding hydrogens is 374 g/mol. The summed E-state index contributed by atoms with van der Waals surface area (Å²) in [5.41, 5.74) is 4.32.